The highest BCUT2D eigenvalue weighted by molar-refractivity contribution is 5.73. The van der Waals surface area contributed by atoms with Crippen molar-refractivity contribution < 1.29 is 4.79 Å². The summed E-state index contributed by atoms with van der Waals surface area (Å²) in [5, 5.41) is 3.75. The Balaban J connectivity index is 1.99. The third-order valence-electron chi connectivity index (χ3n) is 5.21. The van der Waals surface area contributed by atoms with E-state index in [0.29, 0.717) is 12.0 Å². The van der Waals surface area contributed by atoms with E-state index in [4.69, 9.17) is 0 Å². The van der Waals surface area contributed by atoms with Gasteiger partial charge in [0, 0.05) is 32.6 Å². The standard InChI is InChI=1S/C19H30N2O/c1-6-17-12-21(16(5)22)8-7-19(17)20-11-18-10-14(3)13(2)9-15(18)4/h9-10,17,19-20H,6-8,11-12H2,1-5H3/t17-,19+/m0/s1. The van der Waals surface area contributed by atoms with Crippen LogP contribution in [0.5, 0.6) is 0 Å². The van der Waals surface area contributed by atoms with Crippen LogP contribution in [-0.2, 0) is 11.3 Å². The van der Waals surface area contributed by atoms with E-state index < -0.39 is 0 Å². The van der Waals surface area contributed by atoms with Gasteiger partial charge >= 0.3 is 0 Å². The van der Waals surface area contributed by atoms with Crippen LogP contribution >= 0.6 is 0 Å². The highest BCUT2D eigenvalue weighted by Gasteiger charge is 2.28. The molecule has 1 aromatic rings. The van der Waals surface area contributed by atoms with Crippen molar-refractivity contribution in [3.8, 4) is 0 Å². The second-order valence-electron chi connectivity index (χ2n) is 6.77. The number of benzene rings is 1. The molecule has 3 heteroatoms. The first-order valence-electron chi connectivity index (χ1n) is 8.48. The van der Waals surface area contributed by atoms with Gasteiger partial charge in [-0.2, -0.15) is 0 Å². The lowest BCUT2D eigenvalue weighted by Crippen LogP contribution is -2.50. The van der Waals surface area contributed by atoms with E-state index in [1.165, 1.54) is 22.3 Å². The lowest BCUT2D eigenvalue weighted by molar-refractivity contribution is -0.131. The first-order valence-corrected chi connectivity index (χ1v) is 8.48. The lowest BCUT2D eigenvalue weighted by atomic mass is 9.89. The SMILES string of the molecule is CC[C@H]1CN(C(C)=O)CC[C@H]1NCc1cc(C)c(C)cc1C. The van der Waals surface area contributed by atoms with Gasteiger partial charge in [-0.3, -0.25) is 4.79 Å². The summed E-state index contributed by atoms with van der Waals surface area (Å²) in [5.74, 6) is 0.770. The zero-order valence-electron chi connectivity index (χ0n) is 14.7. The minimum Gasteiger partial charge on any atom is -0.343 e. The molecule has 0 bridgehead atoms. The Morgan fingerprint density at radius 1 is 1.23 bits per heavy atom. The Morgan fingerprint density at radius 3 is 2.55 bits per heavy atom. The van der Waals surface area contributed by atoms with Crippen LogP contribution in [0.15, 0.2) is 12.1 Å². The second kappa shape index (κ2) is 7.28. The van der Waals surface area contributed by atoms with Crippen molar-refractivity contribution >= 4 is 5.91 Å². The van der Waals surface area contributed by atoms with Crippen molar-refractivity contribution in [3.05, 3.63) is 34.4 Å². The van der Waals surface area contributed by atoms with Gasteiger partial charge in [0.1, 0.15) is 0 Å². The highest BCUT2D eigenvalue weighted by atomic mass is 16.2. The number of likely N-dealkylation sites (tertiary alicyclic amines) is 1. The average molecular weight is 302 g/mol. The molecule has 0 radical (unpaired) electrons. The molecule has 0 saturated carbocycles. The number of rotatable bonds is 4. The monoisotopic (exact) mass is 302 g/mol. The van der Waals surface area contributed by atoms with E-state index in [1.807, 2.05) is 4.90 Å². The van der Waals surface area contributed by atoms with Gasteiger partial charge in [-0.1, -0.05) is 25.5 Å². The maximum atomic E-state index is 11.6. The molecule has 2 atom stereocenters. The number of carbonyl (C=O) groups excluding carboxylic acids is 1. The summed E-state index contributed by atoms with van der Waals surface area (Å²) in [7, 11) is 0. The van der Waals surface area contributed by atoms with Gasteiger partial charge in [0.25, 0.3) is 0 Å². The molecule has 0 unspecified atom stereocenters. The van der Waals surface area contributed by atoms with Gasteiger partial charge in [0.05, 0.1) is 0 Å². The molecule has 122 valence electrons. The van der Waals surface area contributed by atoms with Crippen LogP contribution in [0.25, 0.3) is 0 Å². The number of aryl methyl sites for hydroxylation is 3. The van der Waals surface area contributed by atoms with Crippen LogP contribution in [0, 0.1) is 26.7 Å². The number of nitrogens with one attached hydrogen (secondary N) is 1. The van der Waals surface area contributed by atoms with E-state index in [2.05, 4.69) is 45.1 Å². The zero-order chi connectivity index (χ0) is 16.3. The predicted molar refractivity (Wildman–Crippen MR) is 91.9 cm³/mol. The molecule has 1 aliphatic heterocycles. The maximum absolute atomic E-state index is 11.6. The Hall–Kier alpha value is -1.35. The molecule has 1 aliphatic rings. The third-order valence-corrected chi connectivity index (χ3v) is 5.21. The van der Waals surface area contributed by atoms with Crippen LogP contribution < -0.4 is 5.32 Å². The van der Waals surface area contributed by atoms with E-state index in [0.717, 1.165) is 32.5 Å². The van der Waals surface area contributed by atoms with Gasteiger partial charge in [0.15, 0.2) is 0 Å². The Bertz CT molecular complexity index is 538. The number of hydrogen-bond donors (Lipinski definition) is 1. The number of nitrogens with zero attached hydrogens (tertiary/aromatic N) is 1. The molecule has 1 amide bonds. The highest BCUT2D eigenvalue weighted by Crippen LogP contribution is 2.22. The van der Waals surface area contributed by atoms with Crippen LogP contribution in [0.2, 0.25) is 0 Å². The molecule has 1 N–H and O–H groups in total. The topological polar surface area (TPSA) is 32.3 Å². The normalized spacial score (nSPS) is 22.0. The van der Waals surface area contributed by atoms with Crippen molar-refractivity contribution in [2.75, 3.05) is 13.1 Å². The number of amides is 1. The van der Waals surface area contributed by atoms with Gasteiger partial charge in [-0.05, 0) is 55.4 Å². The van der Waals surface area contributed by atoms with Crippen LogP contribution in [0.3, 0.4) is 0 Å². The van der Waals surface area contributed by atoms with Crippen LogP contribution in [0.1, 0.15) is 48.9 Å². The Morgan fingerprint density at radius 2 is 1.91 bits per heavy atom. The molecule has 1 heterocycles. The molecule has 0 aliphatic carbocycles. The fraction of sp³-hybridized carbons (Fsp3) is 0.632. The van der Waals surface area contributed by atoms with Crippen molar-refractivity contribution in [2.45, 2.75) is 60.0 Å². The first kappa shape index (κ1) is 17.0. The van der Waals surface area contributed by atoms with Gasteiger partial charge in [-0.25, -0.2) is 0 Å². The fourth-order valence-electron chi connectivity index (χ4n) is 3.45. The molecular weight excluding hydrogens is 272 g/mol. The third kappa shape index (κ3) is 3.89. The lowest BCUT2D eigenvalue weighted by Gasteiger charge is -2.38. The molecule has 0 spiro atoms. The number of carbonyl (C=O) groups is 1. The zero-order valence-corrected chi connectivity index (χ0v) is 14.7. The van der Waals surface area contributed by atoms with Crippen molar-refractivity contribution in [2.24, 2.45) is 5.92 Å². The van der Waals surface area contributed by atoms with E-state index in [-0.39, 0.29) is 5.91 Å². The smallest absolute Gasteiger partial charge is 0.219 e. The van der Waals surface area contributed by atoms with Crippen LogP contribution in [0.4, 0.5) is 0 Å². The summed E-state index contributed by atoms with van der Waals surface area (Å²) in [4.78, 5) is 13.6. The maximum Gasteiger partial charge on any atom is 0.219 e. The van der Waals surface area contributed by atoms with Gasteiger partial charge in [0.2, 0.25) is 5.91 Å². The average Bonchev–Trinajstić information content (AvgIpc) is 2.49. The molecule has 1 aromatic carbocycles. The molecular formula is C19H30N2O. The van der Waals surface area contributed by atoms with E-state index in [9.17, 15) is 4.79 Å². The quantitative estimate of drug-likeness (QED) is 0.925. The fourth-order valence-corrected chi connectivity index (χ4v) is 3.45. The van der Waals surface area contributed by atoms with Gasteiger partial charge in [-0.15, -0.1) is 0 Å². The minimum atomic E-state index is 0.210. The summed E-state index contributed by atoms with van der Waals surface area (Å²) in [5.41, 5.74) is 5.49. The second-order valence-corrected chi connectivity index (χ2v) is 6.77. The van der Waals surface area contributed by atoms with Crippen molar-refractivity contribution in [3.63, 3.8) is 0 Å². The van der Waals surface area contributed by atoms with Crippen molar-refractivity contribution in [1.29, 1.82) is 0 Å². The summed E-state index contributed by atoms with van der Waals surface area (Å²) in [6, 6.07) is 5.10. The molecule has 22 heavy (non-hydrogen) atoms. The van der Waals surface area contributed by atoms with Crippen LogP contribution in [-0.4, -0.2) is 29.9 Å². The largest absolute Gasteiger partial charge is 0.343 e. The minimum absolute atomic E-state index is 0.210. The summed E-state index contributed by atoms with van der Waals surface area (Å²) >= 11 is 0. The van der Waals surface area contributed by atoms with Crippen molar-refractivity contribution in [1.82, 2.24) is 10.2 Å². The molecule has 1 fully saturated rings. The number of hydrogen-bond acceptors (Lipinski definition) is 2. The number of piperidine rings is 1. The molecule has 2 rings (SSSR count). The van der Waals surface area contributed by atoms with Gasteiger partial charge < -0.3 is 10.2 Å². The van der Waals surface area contributed by atoms with E-state index in [1.54, 1.807) is 6.92 Å². The van der Waals surface area contributed by atoms with E-state index >= 15 is 0 Å². The first-order chi connectivity index (χ1) is 10.4. The molecule has 3 nitrogen and oxygen atoms in total. The molecule has 1 saturated heterocycles. The summed E-state index contributed by atoms with van der Waals surface area (Å²) < 4.78 is 0. The Labute approximate surface area is 135 Å². The Kier molecular flexibility index (Phi) is 5.63. The summed E-state index contributed by atoms with van der Waals surface area (Å²) in [6.45, 7) is 13.2. The predicted octanol–water partition coefficient (Wildman–Crippen LogP) is 3.35. The molecule has 0 aromatic heterocycles. The summed E-state index contributed by atoms with van der Waals surface area (Å²) in [6.07, 6.45) is 2.18.